The molecular formula is C25H43NO2. The van der Waals surface area contributed by atoms with Gasteiger partial charge in [0.05, 0.1) is 12.3 Å². The summed E-state index contributed by atoms with van der Waals surface area (Å²) in [6, 6.07) is 0. The van der Waals surface area contributed by atoms with E-state index in [4.69, 9.17) is 4.74 Å². The zero-order valence-electron chi connectivity index (χ0n) is 18.5. The molecule has 160 valence electrons. The van der Waals surface area contributed by atoms with E-state index in [0.717, 1.165) is 24.1 Å². The summed E-state index contributed by atoms with van der Waals surface area (Å²) in [5, 5.41) is 0. The fourth-order valence-corrected chi connectivity index (χ4v) is 3.73. The molecule has 1 unspecified atom stereocenters. The number of carbonyl (C=O) groups excluding carboxylic acids is 1. The summed E-state index contributed by atoms with van der Waals surface area (Å²) in [5.41, 5.74) is 1.56. The van der Waals surface area contributed by atoms with Crippen molar-refractivity contribution in [3.8, 4) is 0 Å². The quantitative estimate of drug-likeness (QED) is 0.181. The van der Waals surface area contributed by atoms with Gasteiger partial charge in [0.1, 0.15) is 0 Å². The average Bonchev–Trinajstić information content (AvgIpc) is 2.69. The van der Waals surface area contributed by atoms with Crippen LogP contribution in [-0.4, -0.2) is 24.2 Å². The van der Waals surface area contributed by atoms with Crippen molar-refractivity contribution >= 4 is 11.5 Å². The molecule has 1 rings (SSSR count). The summed E-state index contributed by atoms with van der Waals surface area (Å²) in [4.78, 5) is 16.9. The molecule has 1 aliphatic rings. The minimum absolute atomic E-state index is 0.0871. The molecule has 1 heterocycles. The van der Waals surface area contributed by atoms with E-state index in [2.05, 4.69) is 18.5 Å². The number of Topliss-reactive ketones (excluding diaryl/α,β-unsaturated/α-hetero) is 1. The van der Waals surface area contributed by atoms with E-state index in [1.807, 2.05) is 6.92 Å². The molecule has 1 atom stereocenters. The monoisotopic (exact) mass is 389 g/mol. The maximum atomic E-state index is 12.5. The first kappa shape index (κ1) is 24.8. The third-order valence-corrected chi connectivity index (χ3v) is 5.54. The van der Waals surface area contributed by atoms with Crippen LogP contribution in [0.1, 0.15) is 110 Å². The van der Waals surface area contributed by atoms with Crippen molar-refractivity contribution in [1.29, 1.82) is 0 Å². The minimum atomic E-state index is -0.510. The number of ketones is 1. The van der Waals surface area contributed by atoms with Gasteiger partial charge in [-0.3, -0.25) is 9.79 Å². The zero-order chi connectivity index (χ0) is 20.5. The molecule has 0 aromatic rings. The summed E-state index contributed by atoms with van der Waals surface area (Å²) >= 11 is 0. The molecule has 0 fully saturated rings. The Morgan fingerprint density at radius 1 is 0.929 bits per heavy atom. The second-order valence-electron chi connectivity index (χ2n) is 8.14. The second kappa shape index (κ2) is 16.7. The number of hydrogen-bond donors (Lipinski definition) is 0. The molecule has 0 spiro atoms. The van der Waals surface area contributed by atoms with Gasteiger partial charge in [-0.2, -0.15) is 0 Å². The van der Waals surface area contributed by atoms with Gasteiger partial charge in [0, 0.05) is 11.8 Å². The number of rotatable bonds is 18. The zero-order valence-corrected chi connectivity index (χ0v) is 18.5. The lowest BCUT2D eigenvalue weighted by atomic mass is 9.96. The molecule has 1 aliphatic heterocycles. The highest BCUT2D eigenvalue weighted by molar-refractivity contribution is 6.15. The van der Waals surface area contributed by atoms with Gasteiger partial charge in [-0.25, -0.2) is 0 Å². The predicted octanol–water partition coefficient (Wildman–Crippen LogP) is 7.36. The highest BCUT2D eigenvalue weighted by Crippen LogP contribution is 2.19. The van der Waals surface area contributed by atoms with E-state index in [0.29, 0.717) is 6.61 Å². The van der Waals surface area contributed by atoms with Crippen molar-refractivity contribution in [3.05, 3.63) is 24.4 Å². The molecule has 3 nitrogen and oxygen atoms in total. The number of carbonyl (C=O) groups is 1. The maximum absolute atomic E-state index is 12.5. The van der Waals surface area contributed by atoms with Gasteiger partial charge in [-0.05, 0) is 19.8 Å². The summed E-state index contributed by atoms with van der Waals surface area (Å²) in [5.74, 6) is 0.0871. The predicted molar refractivity (Wildman–Crippen MR) is 121 cm³/mol. The Morgan fingerprint density at radius 2 is 1.43 bits per heavy atom. The SMILES string of the molecule is C=CCOC1C(=O)C(CCCCCCCCCCCCCCCC)=CN=C1C. The molecule has 0 amide bonds. The summed E-state index contributed by atoms with van der Waals surface area (Å²) in [6.45, 7) is 8.16. The van der Waals surface area contributed by atoms with Gasteiger partial charge in [-0.1, -0.05) is 96.5 Å². The lowest BCUT2D eigenvalue weighted by Crippen LogP contribution is -2.34. The summed E-state index contributed by atoms with van der Waals surface area (Å²) < 4.78 is 5.57. The lowest BCUT2D eigenvalue weighted by molar-refractivity contribution is -0.122. The number of unbranched alkanes of at least 4 members (excludes halogenated alkanes) is 13. The fraction of sp³-hybridized carbons (Fsp3) is 0.760. The van der Waals surface area contributed by atoms with Crippen LogP contribution < -0.4 is 0 Å². The van der Waals surface area contributed by atoms with Crippen molar-refractivity contribution in [2.75, 3.05) is 6.61 Å². The molecule has 3 heteroatoms. The lowest BCUT2D eigenvalue weighted by Gasteiger charge is -2.20. The third kappa shape index (κ3) is 10.9. The Hall–Kier alpha value is -1.22. The largest absolute Gasteiger partial charge is 0.360 e. The third-order valence-electron chi connectivity index (χ3n) is 5.54. The average molecular weight is 390 g/mol. The Kier molecular flexibility index (Phi) is 14.8. The van der Waals surface area contributed by atoms with Crippen molar-refractivity contribution in [1.82, 2.24) is 0 Å². The molecule has 0 aromatic carbocycles. The van der Waals surface area contributed by atoms with Crippen LogP contribution in [0, 0.1) is 0 Å². The highest BCUT2D eigenvalue weighted by Gasteiger charge is 2.27. The number of aliphatic imine (C=N–C) groups is 1. The first-order chi connectivity index (χ1) is 13.7. The van der Waals surface area contributed by atoms with E-state index in [1.54, 1.807) is 12.3 Å². The topological polar surface area (TPSA) is 38.7 Å². The number of ether oxygens (including phenoxy) is 1. The molecule has 28 heavy (non-hydrogen) atoms. The molecule has 0 aromatic heterocycles. The van der Waals surface area contributed by atoms with Gasteiger partial charge in [0.25, 0.3) is 0 Å². The molecule has 0 N–H and O–H groups in total. The van der Waals surface area contributed by atoms with E-state index in [-0.39, 0.29) is 5.78 Å². The Bertz CT molecular complexity index is 493. The maximum Gasteiger partial charge on any atom is 0.194 e. The second-order valence-corrected chi connectivity index (χ2v) is 8.14. The first-order valence-corrected chi connectivity index (χ1v) is 11.7. The van der Waals surface area contributed by atoms with Gasteiger partial charge >= 0.3 is 0 Å². The van der Waals surface area contributed by atoms with Crippen LogP contribution in [0.25, 0.3) is 0 Å². The van der Waals surface area contributed by atoms with Crippen molar-refractivity contribution in [2.45, 2.75) is 116 Å². The fourth-order valence-electron chi connectivity index (χ4n) is 3.73. The van der Waals surface area contributed by atoms with Gasteiger partial charge < -0.3 is 4.74 Å². The van der Waals surface area contributed by atoms with Gasteiger partial charge in [0.2, 0.25) is 0 Å². The van der Waals surface area contributed by atoms with E-state index < -0.39 is 6.10 Å². The van der Waals surface area contributed by atoms with Crippen molar-refractivity contribution in [2.24, 2.45) is 4.99 Å². The van der Waals surface area contributed by atoms with Crippen LogP contribution in [0.5, 0.6) is 0 Å². The highest BCUT2D eigenvalue weighted by atomic mass is 16.5. The van der Waals surface area contributed by atoms with Crippen molar-refractivity contribution < 1.29 is 9.53 Å². The molecule has 0 saturated carbocycles. The molecule has 0 saturated heterocycles. The van der Waals surface area contributed by atoms with Crippen LogP contribution in [-0.2, 0) is 9.53 Å². The van der Waals surface area contributed by atoms with Crippen LogP contribution in [0.15, 0.2) is 29.4 Å². The van der Waals surface area contributed by atoms with Crippen LogP contribution in [0.2, 0.25) is 0 Å². The van der Waals surface area contributed by atoms with E-state index >= 15 is 0 Å². The van der Waals surface area contributed by atoms with Gasteiger partial charge in [0.15, 0.2) is 11.9 Å². The number of hydrogen-bond acceptors (Lipinski definition) is 3. The Labute approximate surface area is 173 Å². The molecule has 0 aliphatic carbocycles. The number of nitrogens with zero attached hydrogens (tertiary/aromatic N) is 1. The molecule has 0 radical (unpaired) electrons. The van der Waals surface area contributed by atoms with Crippen LogP contribution in [0.3, 0.4) is 0 Å². The van der Waals surface area contributed by atoms with Crippen LogP contribution >= 0.6 is 0 Å². The van der Waals surface area contributed by atoms with E-state index in [1.165, 1.54) is 83.5 Å². The van der Waals surface area contributed by atoms with Crippen LogP contribution in [0.4, 0.5) is 0 Å². The summed E-state index contributed by atoms with van der Waals surface area (Å²) in [6.07, 6.45) is 22.6. The Balaban J connectivity index is 1.98. The molecule has 0 bridgehead atoms. The molecular weight excluding hydrogens is 346 g/mol. The minimum Gasteiger partial charge on any atom is -0.360 e. The normalized spacial score (nSPS) is 16.8. The Morgan fingerprint density at radius 3 is 1.93 bits per heavy atom. The first-order valence-electron chi connectivity index (χ1n) is 11.7. The smallest absolute Gasteiger partial charge is 0.194 e. The van der Waals surface area contributed by atoms with Crippen molar-refractivity contribution in [3.63, 3.8) is 0 Å². The standard InChI is InChI=1S/C25H43NO2/c1-4-6-7-8-9-10-11-12-13-14-15-16-17-18-19-23-21-26-22(3)25(24(23)27)28-20-5-2/h5,21,25H,2,4,6-20H2,1,3H3. The van der Waals surface area contributed by atoms with E-state index in [9.17, 15) is 4.79 Å². The van der Waals surface area contributed by atoms with Gasteiger partial charge in [-0.15, -0.1) is 6.58 Å². The summed E-state index contributed by atoms with van der Waals surface area (Å²) in [7, 11) is 0.